The van der Waals surface area contributed by atoms with Crippen molar-refractivity contribution in [1.82, 2.24) is 4.98 Å². The van der Waals surface area contributed by atoms with Crippen molar-refractivity contribution in [3.63, 3.8) is 0 Å². The Morgan fingerprint density at radius 3 is 2.75 bits per heavy atom. The van der Waals surface area contributed by atoms with Crippen molar-refractivity contribution < 1.29 is 9.18 Å². The number of hydrogen-bond acceptors (Lipinski definition) is 3. The molecule has 0 aliphatic rings. The van der Waals surface area contributed by atoms with Crippen LogP contribution >= 0.6 is 0 Å². The van der Waals surface area contributed by atoms with Crippen LogP contribution in [0.15, 0.2) is 36.4 Å². The SMILES string of the molecule is CCNc1cccc(C(=O)Nc2cccc(F)c2C)n1. The third kappa shape index (κ3) is 3.12. The van der Waals surface area contributed by atoms with Crippen molar-refractivity contribution in [2.24, 2.45) is 0 Å². The summed E-state index contributed by atoms with van der Waals surface area (Å²) in [5, 5.41) is 5.70. The van der Waals surface area contributed by atoms with E-state index in [0.29, 0.717) is 17.1 Å². The van der Waals surface area contributed by atoms with Gasteiger partial charge in [-0.15, -0.1) is 0 Å². The molecule has 4 nitrogen and oxygen atoms in total. The molecule has 2 N–H and O–H groups in total. The molecular weight excluding hydrogens is 257 g/mol. The summed E-state index contributed by atoms with van der Waals surface area (Å²) < 4.78 is 13.4. The zero-order valence-electron chi connectivity index (χ0n) is 11.4. The summed E-state index contributed by atoms with van der Waals surface area (Å²) in [6.45, 7) is 4.29. The van der Waals surface area contributed by atoms with Gasteiger partial charge in [0.05, 0.1) is 0 Å². The second-order valence-corrected chi connectivity index (χ2v) is 4.30. The van der Waals surface area contributed by atoms with Crippen molar-refractivity contribution >= 4 is 17.4 Å². The first-order chi connectivity index (χ1) is 9.61. The van der Waals surface area contributed by atoms with E-state index in [-0.39, 0.29) is 17.4 Å². The van der Waals surface area contributed by atoms with Crippen molar-refractivity contribution in [1.29, 1.82) is 0 Å². The van der Waals surface area contributed by atoms with E-state index < -0.39 is 0 Å². The summed E-state index contributed by atoms with van der Waals surface area (Å²) in [7, 11) is 0. The number of halogens is 1. The van der Waals surface area contributed by atoms with Crippen molar-refractivity contribution in [3.8, 4) is 0 Å². The fourth-order valence-corrected chi connectivity index (χ4v) is 1.77. The molecule has 20 heavy (non-hydrogen) atoms. The smallest absolute Gasteiger partial charge is 0.274 e. The van der Waals surface area contributed by atoms with Gasteiger partial charge in [0.2, 0.25) is 0 Å². The molecule has 1 aromatic carbocycles. The molecular formula is C15H16FN3O. The molecule has 0 aliphatic heterocycles. The summed E-state index contributed by atoms with van der Waals surface area (Å²) in [6.07, 6.45) is 0. The van der Waals surface area contributed by atoms with Gasteiger partial charge in [-0.2, -0.15) is 0 Å². The van der Waals surface area contributed by atoms with Gasteiger partial charge >= 0.3 is 0 Å². The van der Waals surface area contributed by atoms with Crippen LogP contribution < -0.4 is 10.6 Å². The van der Waals surface area contributed by atoms with Crippen LogP contribution in [-0.2, 0) is 0 Å². The largest absolute Gasteiger partial charge is 0.370 e. The maximum Gasteiger partial charge on any atom is 0.274 e. The highest BCUT2D eigenvalue weighted by molar-refractivity contribution is 6.03. The molecule has 2 rings (SSSR count). The highest BCUT2D eigenvalue weighted by Crippen LogP contribution is 2.18. The Labute approximate surface area is 117 Å². The summed E-state index contributed by atoms with van der Waals surface area (Å²) in [6, 6.07) is 9.72. The number of anilines is 2. The lowest BCUT2D eigenvalue weighted by atomic mass is 10.2. The first-order valence-electron chi connectivity index (χ1n) is 6.39. The third-order valence-corrected chi connectivity index (χ3v) is 2.86. The topological polar surface area (TPSA) is 54.0 Å². The molecule has 2 aromatic rings. The van der Waals surface area contributed by atoms with Crippen LogP contribution in [0.25, 0.3) is 0 Å². The van der Waals surface area contributed by atoms with E-state index in [9.17, 15) is 9.18 Å². The predicted molar refractivity (Wildman–Crippen MR) is 77.5 cm³/mol. The first-order valence-corrected chi connectivity index (χ1v) is 6.39. The number of carbonyl (C=O) groups excluding carboxylic acids is 1. The van der Waals surface area contributed by atoms with E-state index in [0.717, 1.165) is 6.54 Å². The number of rotatable bonds is 4. The highest BCUT2D eigenvalue weighted by Gasteiger charge is 2.11. The van der Waals surface area contributed by atoms with E-state index in [1.807, 2.05) is 6.92 Å². The number of amides is 1. The molecule has 1 aromatic heterocycles. The van der Waals surface area contributed by atoms with Gasteiger partial charge in [0, 0.05) is 17.8 Å². The van der Waals surface area contributed by atoms with Crippen LogP contribution in [0.4, 0.5) is 15.9 Å². The molecule has 1 amide bonds. The van der Waals surface area contributed by atoms with Crippen molar-refractivity contribution in [2.45, 2.75) is 13.8 Å². The van der Waals surface area contributed by atoms with Gasteiger partial charge in [0.25, 0.3) is 5.91 Å². The third-order valence-electron chi connectivity index (χ3n) is 2.86. The van der Waals surface area contributed by atoms with Crippen LogP contribution in [-0.4, -0.2) is 17.4 Å². The number of nitrogens with zero attached hydrogens (tertiary/aromatic N) is 1. The molecule has 104 valence electrons. The lowest BCUT2D eigenvalue weighted by Gasteiger charge is -2.09. The minimum absolute atomic E-state index is 0.284. The maximum absolute atomic E-state index is 13.4. The van der Waals surface area contributed by atoms with E-state index in [2.05, 4.69) is 15.6 Å². The second-order valence-electron chi connectivity index (χ2n) is 4.30. The average Bonchev–Trinajstić information content (AvgIpc) is 2.44. The summed E-state index contributed by atoms with van der Waals surface area (Å²) in [4.78, 5) is 16.3. The van der Waals surface area contributed by atoms with Gasteiger partial charge in [0.1, 0.15) is 17.3 Å². The minimum Gasteiger partial charge on any atom is -0.370 e. The lowest BCUT2D eigenvalue weighted by molar-refractivity contribution is 0.102. The van der Waals surface area contributed by atoms with Gasteiger partial charge in [-0.1, -0.05) is 12.1 Å². The highest BCUT2D eigenvalue weighted by atomic mass is 19.1. The predicted octanol–water partition coefficient (Wildman–Crippen LogP) is 3.21. The second kappa shape index (κ2) is 6.14. The zero-order valence-corrected chi connectivity index (χ0v) is 11.4. The van der Waals surface area contributed by atoms with Crippen molar-refractivity contribution in [2.75, 3.05) is 17.2 Å². The Morgan fingerprint density at radius 1 is 1.25 bits per heavy atom. The molecule has 0 bridgehead atoms. The molecule has 0 radical (unpaired) electrons. The zero-order chi connectivity index (χ0) is 14.5. The minimum atomic E-state index is -0.363. The van der Waals surface area contributed by atoms with E-state index in [1.54, 1.807) is 37.3 Å². The molecule has 0 saturated heterocycles. The van der Waals surface area contributed by atoms with E-state index >= 15 is 0 Å². The van der Waals surface area contributed by atoms with Crippen LogP contribution in [0.5, 0.6) is 0 Å². The molecule has 0 fully saturated rings. The summed E-state index contributed by atoms with van der Waals surface area (Å²) in [5.74, 6) is -0.0771. The fraction of sp³-hybridized carbons (Fsp3) is 0.200. The van der Waals surface area contributed by atoms with Gasteiger partial charge in [0.15, 0.2) is 0 Å². The number of aromatic nitrogens is 1. The van der Waals surface area contributed by atoms with Crippen LogP contribution in [0.1, 0.15) is 23.0 Å². The number of carbonyl (C=O) groups is 1. The fourth-order valence-electron chi connectivity index (χ4n) is 1.77. The standard InChI is InChI=1S/C15H16FN3O/c1-3-17-14-9-5-8-13(18-14)15(20)19-12-7-4-6-11(16)10(12)2/h4-9H,3H2,1-2H3,(H,17,18)(H,19,20). The number of hydrogen-bond donors (Lipinski definition) is 2. The van der Waals surface area contributed by atoms with Crippen LogP contribution in [0.2, 0.25) is 0 Å². The van der Waals surface area contributed by atoms with Gasteiger partial charge in [-0.05, 0) is 38.1 Å². The van der Waals surface area contributed by atoms with Gasteiger partial charge in [-0.3, -0.25) is 4.79 Å². The first kappa shape index (κ1) is 14.0. The van der Waals surface area contributed by atoms with E-state index in [4.69, 9.17) is 0 Å². The molecule has 1 heterocycles. The average molecular weight is 273 g/mol. The molecule has 5 heteroatoms. The quantitative estimate of drug-likeness (QED) is 0.899. The number of nitrogens with one attached hydrogen (secondary N) is 2. The normalized spacial score (nSPS) is 10.2. The molecule has 0 aliphatic carbocycles. The Kier molecular flexibility index (Phi) is 4.30. The molecule has 0 saturated carbocycles. The van der Waals surface area contributed by atoms with Crippen molar-refractivity contribution in [3.05, 3.63) is 53.5 Å². The Bertz CT molecular complexity index is 628. The Morgan fingerprint density at radius 2 is 2.00 bits per heavy atom. The molecule has 0 spiro atoms. The van der Waals surface area contributed by atoms with Crippen LogP contribution in [0.3, 0.4) is 0 Å². The number of benzene rings is 1. The Hall–Kier alpha value is -2.43. The Balaban J connectivity index is 2.19. The molecule has 0 unspecified atom stereocenters. The summed E-state index contributed by atoms with van der Waals surface area (Å²) >= 11 is 0. The lowest BCUT2D eigenvalue weighted by Crippen LogP contribution is -2.15. The number of pyridine rings is 1. The molecule has 0 atom stereocenters. The summed E-state index contributed by atoms with van der Waals surface area (Å²) in [5.41, 5.74) is 1.14. The maximum atomic E-state index is 13.4. The monoisotopic (exact) mass is 273 g/mol. The van der Waals surface area contributed by atoms with Crippen LogP contribution in [0, 0.1) is 12.7 Å². The van der Waals surface area contributed by atoms with Gasteiger partial charge in [-0.25, -0.2) is 9.37 Å². The van der Waals surface area contributed by atoms with E-state index in [1.165, 1.54) is 6.07 Å². The van der Waals surface area contributed by atoms with Gasteiger partial charge < -0.3 is 10.6 Å².